The Morgan fingerprint density at radius 1 is 1.37 bits per heavy atom. The fraction of sp³-hybridized carbons (Fsp3) is 0.300. The van der Waals surface area contributed by atoms with Gasteiger partial charge in [-0.1, -0.05) is 0 Å². The molecule has 0 bridgehead atoms. The minimum Gasteiger partial charge on any atom is -0.396 e. The van der Waals surface area contributed by atoms with Crippen LogP contribution < -0.4 is 11.1 Å². The van der Waals surface area contributed by atoms with Crippen molar-refractivity contribution in [3.05, 3.63) is 30.4 Å². The molecule has 0 unspecified atom stereocenters. The highest BCUT2D eigenvalue weighted by Crippen LogP contribution is 2.27. The minimum atomic E-state index is -4.48. The Kier molecular flexibility index (Phi) is 3.54. The third-order valence-electron chi connectivity index (χ3n) is 2.22. The molecule has 9 heteroatoms. The van der Waals surface area contributed by atoms with Gasteiger partial charge >= 0.3 is 6.18 Å². The fourth-order valence-electron chi connectivity index (χ4n) is 1.39. The lowest BCUT2D eigenvalue weighted by molar-refractivity contribution is -0.141. The molecule has 6 nitrogen and oxygen atoms in total. The van der Waals surface area contributed by atoms with Crippen LogP contribution in [0.5, 0.6) is 0 Å². The normalized spacial score (nSPS) is 11.5. The zero-order valence-electron chi connectivity index (χ0n) is 9.72. The van der Waals surface area contributed by atoms with Crippen molar-refractivity contribution < 1.29 is 13.2 Å². The molecule has 2 aromatic rings. The molecule has 0 aliphatic heterocycles. The first-order chi connectivity index (χ1) is 8.95. The van der Waals surface area contributed by atoms with Gasteiger partial charge in [0.15, 0.2) is 0 Å². The van der Waals surface area contributed by atoms with E-state index in [1.807, 2.05) is 0 Å². The van der Waals surface area contributed by atoms with Crippen LogP contribution in [0, 0.1) is 0 Å². The molecule has 0 atom stereocenters. The zero-order chi connectivity index (χ0) is 13.9. The lowest BCUT2D eigenvalue weighted by Gasteiger charge is -2.08. The second kappa shape index (κ2) is 5.12. The number of halogens is 3. The van der Waals surface area contributed by atoms with Crippen molar-refractivity contribution in [3.8, 4) is 0 Å². The average Bonchev–Trinajstić information content (AvgIpc) is 2.74. The van der Waals surface area contributed by atoms with Crippen molar-refractivity contribution in [2.75, 3.05) is 17.6 Å². The van der Waals surface area contributed by atoms with Crippen LogP contribution in [0.3, 0.4) is 0 Å². The highest BCUT2D eigenvalue weighted by Gasteiger charge is 2.32. The molecule has 0 radical (unpaired) electrons. The molecule has 0 amide bonds. The first kappa shape index (κ1) is 13.1. The van der Waals surface area contributed by atoms with E-state index in [4.69, 9.17) is 5.73 Å². The van der Waals surface area contributed by atoms with E-state index in [0.29, 0.717) is 18.8 Å². The van der Waals surface area contributed by atoms with Crippen LogP contribution in [-0.2, 0) is 12.7 Å². The molecule has 3 N–H and O–H groups in total. The molecule has 0 saturated heterocycles. The van der Waals surface area contributed by atoms with E-state index in [1.165, 1.54) is 6.20 Å². The molecule has 0 fully saturated rings. The second-order valence-electron chi connectivity index (χ2n) is 3.73. The largest absolute Gasteiger partial charge is 0.433 e. The Morgan fingerprint density at radius 2 is 2.16 bits per heavy atom. The van der Waals surface area contributed by atoms with Crippen molar-refractivity contribution in [1.29, 1.82) is 0 Å². The predicted molar refractivity (Wildman–Crippen MR) is 62.2 cm³/mol. The minimum absolute atomic E-state index is 0.0741. The number of nitrogens with one attached hydrogen (secondary N) is 1. The summed E-state index contributed by atoms with van der Waals surface area (Å²) in [4.78, 5) is 7.09. The summed E-state index contributed by atoms with van der Waals surface area (Å²) in [6.07, 6.45) is -0.310. The van der Waals surface area contributed by atoms with Crippen LogP contribution in [0.2, 0.25) is 0 Å². The molecule has 102 valence electrons. The lowest BCUT2D eigenvalue weighted by Crippen LogP contribution is -2.15. The number of nitrogen functional groups attached to an aromatic ring is 1. The molecule has 2 rings (SSSR count). The Morgan fingerprint density at radius 3 is 2.79 bits per heavy atom. The molecule has 2 heterocycles. The summed E-state index contributed by atoms with van der Waals surface area (Å²) in [5.41, 5.74) is 5.02. The van der Waals surface area contributed by atoms with Crippen molar-refractivity contribution in [1.82, 2.24) is 19.7 Å². The molecule has 0 aromatic carbocycles. The second-order valence-corrected chi connectivity index (χ2v) is 3.73. The lowest BCUT2D eigenvalue weighted by atomic mass is 10.4. The number of hydrogen-bond donors (Lipinski definition) is 2. The van der Waals surface area contributed by atoms with E-state index >= 15 is 0 Å². The summed E-state index contributed by atoms with van der Waals surface area (Å²) in [6.45, 7) is 0.777. The molecule has 0 aliphatic rings. The number of nitrogens with zero attached hydrogens (tertiary/aromatic N) is 4. The van der Waals surface area contributed by atoms with E-state index < -0.39 is 11.9 Å². The van der Waals surface area contributed by atoms with Crippen molar-refractivity contribution in [2.24, 2.45) is 0 Å². The van der Waals surface area contributed by atoms with Gasteiger partial charge in [0.25, 0.3) is 0 Å². The molecule has 2 aromatic heterocycles. The predicted octanol–water partition coefficient (Wildman–Crippen LogP) is 1.39. The number of nitrogens with two attached hydrogens (primary N) is 1. The highest BCUT2D eigenvalue weighted by molar-refractivity contribution is 5.30. The zero-order valence-corrected chi connectivity index (χ0v) is 9.72. The maximum absolute atomic E-state index is 12.4. The first-order valence-electron chi connectivity index (χ1n) is 5.37. The number of aromatic nitrogens is 4. The average molecular weight is 272 g/mol. The van der Waals surface area contributed by atoms with Crippen molar-refractivity contribution >= 4 is 11.6 Å². The summed E-state index contributed by atoms with van der Waals surface area (Å²) < 4.78 is 38.8. The van der Waals surface area contributed by atoms with Crippen LogP contribution in [0.25, 0.3) is 0 Å². The Balaban J connectivity index is 1.93. The topological polar surface area (TPSA) is 81.6 Å². The van der Waals surface area contributed by atoms with Crippen molar-refractivity contribution in [2.45, 2.75) is 12.7 Å². The summed E-state index contributed by atoms with van der Waals surface area (Å²) in [7, 11) is 0. The highest BCUT2D eigenvalue weighted by atomic mass is 19.4. The number of hydrogen-bond acceptors (Lipinski definition) is 5. The monoisotopic (exact) mass is 272 g/mol. The van der Waals surface area contributed by atoms with Crippen molar-refractivity contribution in [3.63, 3.8) is 0 Å². The Hall–Kier alpha value is -2.32. The van der Waals surface area contributed by atoms with Gasteiger partial charge in [-0.3, -0.25) is 4.68 Å². The van der Waals surface area contributed by atoms with Gasteiger partial charge in [-0.05, 0) is 6.07 Å². The maximum Gasteiger partial charge on any atom is 0.433 e. The van der Waals surface area contributed by atoms with E-state index in [1.54, 1.807) is 10.9 Å². The summed E-state index contributed by atoms with van der Waals surface area (Å²) in [5, 5.41) is 6.63. The molecular formula is C10H11F3N6. The molecule has 0 saturated carbocycles. The van der Waals surface area contributed by atoms with E-state index in [2.05, 4.69) is 20.4 Å². The molecule has 0 aliphatic carbocycles. The van der Waals surface area contributed by atoms with Gasteiger partial charge in [0, 0.05) is 18.9 Å². The smallest absolute Gasteiger partial charge is 0.396 e. The van der Waals surface area contributed by atoms with Crippen LogP contribution >= 0.6 is 0 Å². The summed E-state index contributed by atoms with van der Waals surface area (Å²) in [6, 6.07) is 0.819. The van der Waals surface area contributed by atoms with Gasteiger partial charge in [0.05, 0.1) is 18.4 Å². The van der Waals surface area contributed by atoms with Gasteiger partial charge in [-0.25, -0.2) is 9.97 Å². The quantitative estimate of drug-likeness (QED) is 0.878. The number of alkyl halides is 3. The van der Waals surface area contributed by atoms with Crippen LogP contribution in [0.4, 0.5) is 24.8 Å². The van der Waals surface area contributed by atoms with Gasteiger partial charge in [-0.2, -0.15) is 18.3 Å². The third kappa shape index (κ3) is 3.57. The molecular weight excluding hydrogens is 261 g/mol. The number of rotatable bonds is 4. The van der Waals surface area contributed by atoms with Crippen LogP contribution in [0.15, 0.2) is 24.7 Å². The summed E-state index contributed by atoms with van der Waals surface area (Å²) >= 11 is 0. The Labute approximate surface area is 106 Å². The SMILES string of the molecule is Nc1cnn(CCNc2nccc(C(F)(F)F)n2)c1. The van der Waals surface area contributed by atoms with Crippen LogP contribution in [0.1, 0.15) is 5.69 Å². The third-order valence-corrected chi connectivity index (χ3v) is 2.22. The van der Waals surface area contributed by atoms with Gasteiger partial charge in [0.2, 0.25) is 5.95 Å². The summed E-state index contributed by atoms with van der Waals surface area (Å²) in [5.74, 6) is -0.0741. The van der Waals surface area contributed by atoms with Gasteiger partial charge < -0.3 is 11.1 Å². The van der Waals surface area contributed by atoms with E-state index in [9.17, 15) is 13.2 Å². The first-order valence-corrected chi connectivity index (χ1v) is 5.37. The molecule has 19 heavy (non-hydrogen) atoms. The van der Waals surface area contributed by atoms with E-state index in [0.717, 1.165) is 12.3 Å². The fourth-order valence-corrected chi connectivity index (χ4v) is 1.39. The number of anilines is 2. The van der Waals surface area contributed by atoms with Gasteiger partial charge in [-0.15, -0.1) is 0 Å². The van der Waals surface area contributed by atoms with E-state index in [-0.39, 0.29) is 5.95 Å². The molecule has 0 spiro atoms. The van der Waals surface area contributed by atoms with Crippen LogP contribution in [-0.4, -0.2) is 26.3 Å². The standard InChI is InChI=1S/C10H11F3N6/c11-10(12,13)8-1-2-15-9(18-8)16-3-4-19-6-7(14)5-17-19/h1-2,5-6H,3-4,14H2,(H,15,16,18). The Bertz CT molecular complexity index is 550. The maximum atomic E-state index is 12.4. The van der Waals surface area contributed by atoms with Gasteiger partial charge in [0.1, 0.15) is 5.69 Å².